The molecule has 1 fully saturated rings. The molecule has 1 aliphatic carbocycles. The molecule has 0 saturated heterocycles. The SMILES string of the molecule is CC(C)(C)OC(=O)NCC1(c2ccccc2C(=O)NCCC2COc3ccc(C#N)cc32)CCCC1. The number of ether oxygens (including phenoxy) is 2. The molecule has 0 spiro atoms. The van der Waals surface area contributed by atoms with Gasteiger partial charge in [-0.15, -0.1) is 0 Å². The topological polar surface area (TPSA) is 100 Å². The molecule has 4 rings (SSSR count). The van der Waals surface area contributed by atoms with E-state index in [1.54, 1.807) is 6.07 Å². The third-order valence-corrected chi connectivity index (χ3v) is 7.07. The summed E-state index contributed by atoms with van der Waals surface area (Å²) in [6, 6.07) is 15.4. The molecule has 2 N–H and O–H groups in total. The van der Waals surface area contributed by atoms with Gasteiger partial charge in [0, 0.05) is 35.5 Å². The number of carbonyl (C=O) groups is 2. The van der Waals surface area contributed by atoms with Gasteiger partial charge in [0.1, 0.15) is 11.4 Å². The highest BCUT2D eigenvalue weighted by Gasteiger charge is 2.39. The van der Waals surface area contributed by atoms with Crippen LogP contribution in [0, 0.1) is 11.3 Å². The smallest absolute Gasteiger partial charge is 0.407 e. The molecule has 2 amide bonds. The number of benzene rings is 2. The Labute approximate surface area is 213 Å². The second-order valence-corrected chi connectivity index (χ2v) is 10.8. The molecule has 0 bridgehead atoms. The van der Waals surface area contributed by atoms with Gasteiger partial charge in [0.2, 0.25) is 0 Å². The fourth-order valence-electron chi connectivity index (χ4n) is 5.33. The van der Waals surface area contributed by atoms with Crippen molar-refractivity contribution in [1.82, 2.24) is 10.6 Å². The maximum absolute atomic E-state index is 13.3. The van der Waals surface area contributed by atoms with Gasteiger partial charge >= 0.3 is 6.09 Å². The van der Waals surface area contributed by atoms with Gasteiger partial charge in [0.05, 0.1) is 18.2 Å². The Hall–Kier alpha value is -3.53. The zero-order valence-electron chi connectivity index (χ0n) is 21.4. The van der Waals surface area contributed by atoms with Crippen LogP contribution in [0.2, 0.25) is 0 Å². The average molecular weight is 490 g/mol. The van der Waals surface area contributed by atoms with Crippen LogP contribution in [0.5, 0.6) is 5.75 Å². The normalized spacial score (nSPS) is 18.0. The number of amides is 2. The number of nitrogens with one attached hydrogen (secondary N) is 2. The summed E-state index contributed by atoms with van der Waals surface area (Å²) < 4.78 is 11.2. The van der Waals surface area contributed by atoms with E-state index in [0.29, 0.717) is 30.8 Å². The van der Waals surface area contributed by atoms with Crippen LogP contribution in [-0.2, 0) is 10.2 Å². The number of alkyl carbamates (subject to hydrolysis) is 1. The molecule has 190 valence electrons. The summed E-state index contributed by atoms with van der Waals surface area (Å²) in [6.45, 7) is 7.02. The van der Waals surface area contributed by atoms with Crippen LogP contribution in [-0.4, -0.2) is 37.3 Å². The van der Waals surface area contributed by atoms with E-state index in [9.17, 15) is 14.9 Å². The van der Waals surface area contributed by atoms with Crippen molar-refractivity contribution in [1.29, 1.82) is 5.26 Å². The van der Waals surface area contributed by atoms with Crippen molar-refractivity contribution in [3.05, 3.63) is 64.7 Å². The molecular weight excluding hydrogens is 454 g/mol. The minimum Gasteiger partial charge on any atom is -0.493 e. The van der Waals surface area contributed by atoms with E-state index in [2.05, 4.69) is 16.7 Å². The Morgan fingerprint density at radius 2 is 1.89 bits per heavy atom. The lowest BCUT2D eigenvalue weighted by molar-refractivity contribution is 0.0514. The average Bonchev–Trinajstić information content (AvgIpc) is 3.49. The second-order valence-electron chi connectivity index (χ2n) is 10.8. The van der Waals surface area contributed by atoms with Crippen LogP contribution < -0.4 is 15.4 Å². The highest BCUT2D eigenvalue weighted by atomic mass is 16.6. The van der Waals surface area contributed by atoms with Gasteiger partial charge in [-0.2, -0.15) is 5.26 Å². The number of nitriles is 1. The molecule has 1 saturated carbocycles. The van der Waals surface area contributed by atoms with Gasteiger partial charge in [0.15, 0.2) is 0 Å². The van der Waals surface area contributed by atoms with E-state index in [0.717, 1.165) is 49.0 Å². The molecule has 0 radical (unpaired) electrons. The number of nitrogens with zero attached hydrogens (tertiary/aromatic N) is 1. The van der Waals surface area contributed by atoms with Crippen molar-refractivity contribution < 1.29 is 19.1 Å². The number of carbonyl (C=O) groups excluding carboxylic acids is 2. The first kappa shape index (κ1) is 25.6. The van der Waals surface area contributed by atoms with E-state index in [1.807, 2.05) is 57.2 Å². The van der Waals surface area contributed by atoms with Crippen molar-refractivity contribution in [2.45, 2.75) is 69.8 Å². The summed E-state index contributed by atoms with van der Waals surface area (Å²) >= 11 is 0. The third kappa shape index (κ3) is 5.81. The lowest BCUT2D eigenvalue weighted by atomic mass is 9.76. The lowest BCUT2D eigenvalue weighted by Gasteiger charge is -2.32. The maximum Gasteiger partial charge on any atom is 0.407 e. The van der Waals surface area contributed by atoms with Crippen molar-refractivity contribution in [2.75, 3.05) is 19.7 Å². The third-order valence-electron chi connectivity index (χ3n) is 7.07. The molecule has 1 heterocycles. The number of rotatable bonds is 7. The molecule has 2 aliphatic rings. The van der Waals surface area contributed by atoms with Crippen molar-refractivity contribution in [3.63, 3.8) is 0 Å². The highest BCUT2D eigenvalue weighted by molar-refractivity contribution is 5.96. The minimum absolute atomic E-state index is 0.112. The molecule has 7 heteroatoms. The van der Waals surface area contributed by atoms with Crippen LogP contribution in [0.15, 0.2) is 42.5 Å². The monoisotopic (exact) mass is 489 g/mol. The van der Waals surface area contributed by atoms with E-state index < -0.39 is 11.7 Å². The van der Waals surface area contributed by atoms with Gasteiger partial charge in [-0.1, -0.05) is 31.0 Å². The maximum atomic E-state index is 13.3. The van der Waals surface area contributed by atoms with Crippen LogP contribution >= 0.6 is 0 Å². The highest BCUT2D eigenvalue weighted by Crippen LogP contribution is 2.42. The molecular formula is C29H35N3O4. The zero-order valence-corrected chi connectivity index (χ0v) is 21.4. The van der Waals surface area contributed by atoms with Gasteiger partial charge in [0.25, 0.3) is 5.91 Å². The Morgan fingerprint density at radius 1 is 1.14 bits per heavy atom. The summed E-state index contributed by atoms with van der Waals surface area (Å²) in [5.74, 6) is 0.846. The Kier molecular flexibility index (Phi) is 7.53. The molecule has 7 nitrogen and oxygen atoms in total. The predicted octanol–water partition coefficient (Wildman–Crippen LogP) is 5.19. The Bertz CT molecular complexity index is 1160. The van der Waals surface area contributed by atoms with Crippen molar-refractivity contribution in [3.8, 4) is 11.8 Å². The van der Waals surface area contributed by atoms with E-state index >= 15 is 0 Å². The van der Waals surface area contributed by atoms with Gasteiger partial charge in [-0.3, -0.25) is 4.79 Å². The first-order chi connectivity index (χ1) is 17.2. The summed E-state index contributed by atoms with van der Waals surface area (Å²) in [5.41, 5.74) is 2.41. The van der Waals surface area contributed by atoms with Gasteiger partial charge in [-0.05, 0) is 69.9 Å². The van der Waals surface area contributed by atoms with Crippen molar-refractivity contribution >= 4 is 12.0 Å². The first-order valence-corrected chi connectivity index (χ1v) is 12.7. The molecule has 1 aliphatic heterocycles. The van der Waals surface area contributed by atoms with Crippen LogP contribution in [0.1, 0.15) is 85.8 Å². The van der Waals surface area contributed by atoms with Crippen LogP contribution in [0.25, 0.3) is 0 Å². The summed E-state index contributed by atoms with van der Waals surface area (Å²) in [7, 11) is 0. The van der Waals surface area contributed by atoms with Gasteiger partial charge in [-0.25, -0.2) is 4.79 Å². The molecule has 2 aromatic carbocycles. The van der Waals surface area contributed by atoms with Gasteiger partial charge < -0.3 is 20.1 Å². The van der Waals surface area contributed by atoms with E-state index in [4.69, 9.17) is 9.47 Å². The fraction of sp³-hybridized carbons (Fsp3) is 0.483. The first-order valence-electron chi connectivity index (χ1n) is 12.7. The molecule has 36 heavy (non-hydrogen) atoms. The quantitative estimate of drug-likeness (QED) is 0.557. The van der Waals surface area contributed by atoms with E-state index in [1.165, 1.54) is 0 Å². The lowest BCUT2D eigenvalue weighted by Crippen LogP contribution is -2.42. The van der Waals surface area contributed by atoms with Crippen LogP contribution in [0.3, 0.4) is 0 Å². The Morgan fingerprint density at radius 3 is 2.61 bits per heavy atom. The molecule has 1 atom stereocenters. The minimum atomic E-state index is -0.564. The fourth-order valence-corrected chi connectivity index (χ4v) is 5.33. The summed E-state index contributed by atoms with van der Waals surface area (Å²) in [5, 5.41) is 15.3. The largest absolute Gasteiger partial charge is 0.493 e. The standard InChI is InChI=1S/C29H35N3O4/c1-28(2,3)36-27(34)32-19-29(13-6-7-14-29)24-9-5-4-8-22(24)26(33)31-15-12-21-18-35-25-11-10-20(17-30)16-23(21)25/h4-5,8-11,16,21H,6-7,12-15,18-19H2,1-3H3,(H,31,33)(H,32,34). The number of fused-ring (bicyclic) bond motifs is 1. The molecule has 2 aromatic rings. The predicted molar refractivity (Wildman–Crippen MR) is 137 cm³/mol. The van der Waals surface area contributed by atoms with E-state index in [-0.39, 0.29) is 17.2 Å². The molecule has 1 unspecified atom stereocenters. The summed E-state index contributed by atoms with van der Waals surface area (Å²) in [4.78, 5) is 25.7. The Balaban J connectivity index is 1.43. The second kappa shape index (κ2) is 10.6. The molecule has 0 aromatic heterocycles. The summed E-state index contributed by atoms with van der Waals surface area (Å²) in [6.07, 6.45) is 4.21. The number of hydrogen-bond donors (Lipinski definition) is 2. The van der Waals surface area contributed by atoms with Crippen molar-refractivity contribution in [2.24, 2.45) is 0 Å². The van der Waals surface area contributed by atoms with Crippen LogP contribution in [0.4, 0.5) is 4.79 Å². The number of hydrogen-bond acceptors (Lipinski definition) is 5. The zero-order chi connectivity index (χ0) is 25.8.